The van der Waals surface area contributed by atoms with E-state index < -0.39 is 11.8 Å². The van der Waals surface area contributed by atoms with Gasteiger partial charge in [-0.3, -0.25) is 0 Å². The fraction of sp³-hybridized carbons (Fsp3) is 0.300. The highest BCUT2D eigenvalue weighted by Gasteiger charge is 2.10. The maximum atomic E-state index is 13.0. The van der Waals surface area contributed by atoms with Crippen LogP contribution in [0, 0.1) is 5.82 Å². The van der Waals surface area contributed by atoms with Crippen LogP contribution in [0.3, 0.4) is 0 Å². The average Bonchev–Trinajstić information content (AvgIpc) is 2.20. The number of hydrogen-bond acceptors (Lipinski definition) is 3. The predicted molar refractivity (Wildman–Crippen MR) is 59.7 cm³/mol. The number of rotatable bonds is 5. The molecule has 0 aliphatic rings. The van der Waals surface area contributed by atoms with Crippen LogP contribution in [0.25, 0.3) is 0 Å². The first-order chi connectivity index (χ1) is 7.15. The zero-order valence-electron chi connectivity index (χ0n) is 8.29. The Morgan fingerprint density at radius 1 is 1.60 bits per heavy atom. The van der Waals surface area contributed by atoms with Gasteiger partial charge in [0.25, 0.3) is 0 Å². The summed E-state index contributed by atoms with van der Waals surface area (Å²) in [5.74, 6) is -1.05. The van der Waals surface area contributed by atoms with E-state index in [0.717, 1.165) is 18.2 Å². The fourth-order valence-corrected chi connectivity index (χ4v) is 1.59. The number of carboxylic acid groups (broad SMARTS) is 1. The van der Waals surface area contributed by atoms with Crippen molar-refractivity contribution in [2.75, 3.05) is 10.5 Å². The Labute approximate surface area is 91.8 Å². The minimum Gasteiger partial charge on any atom is -0.478 e. The van der Waals surface area contributed by atoms with E-state index in [1.54, 1.807) is 0 Å². The molecule has 0 aliphatic carbocycles. The highest BCUT2D eigenvalue weighted by molar-refractivity contribution is 8.00. The minimum atomic E-state index is -1.25. The summed E-state index contributed by atoms with van der Waals surface area (Å²) in [5, 5.41) is 8.69. The number of anilines is 1. The van der Waals surface area contributed by atoms with E-state index in [0.29, 0.717) is 5.69 Å². The maximum Gasteiger partial charge on any atom is 0.338 e. The summed E-state index contributed by atoms with van der Waals surface area (Å²) in [6.07, 6.45) is 1.02. The first kappa shape index (κ1) is 11.8. The first-order valence-electron chi connectivity index (χ1n) is 4.55. The third-order valence-corrected chi connectivity index (χ3v) is 2.69. The molecule has 3 nitrogen and oxygen atoms in total. The number of aromatic carboxylic acids is 1. The molecule has 0 atom stereocenters. The molecule has 0 saturated carbocycles. The van der Waals surface area contributed by atoms with Crippen LogP contribution in [0.4, 0.5) is 10.1 Å². The lowest BCUT2D eigenvalue weighted by atomic mass is 10.2. The first-order valence-corrected chi connectivity index (χ1v) is 5.54. The second kappa shape index (κ2) is 5.60. The van der Waals surface area contributed by atoms with Crippen LogP contribution in [0.2, 0.25) is 0 Å². The van der Waals surface area contributed by atoms with Crippen LogP contribution in [0.15, 0.2) is 18.2 Å². The van der Waals surface area contributed by atoms with Gasteiger partial charge in [-0.25, -0.2) is 9.18 Å². The van der Waals surface area contributed by atoms with E-state index in [4.69, 9.17) is 5.11 Å². The smallest absolute Gasteiger partial charge is 0.338 e. The number of nitrogens with one attached hydrogen (secondary N) is 1. The molecule has 0 bridgehead atoms. The Kier molecular flexibility index (Phi) is 4.42. The van der Waals surface area contributed by atoms with Crippen LogP contribution in [0.5, 0.6) is 0 Å². The topological polar surface area (TPSA) is 49.3 Å². The van der Waals surface area contributed by atoms with E-state index in [1.165, 1.54) is 24.1 Å². The molecule has 15 heavy (non-hydrogen) atoms. The summed E-state index contributed by atoms with van der Waals surface area (Å²) < 4.78 is 15.9. The lowest BCUT2D eigenvalue weighted by molar-refractivity contribution is 0.0692. The van der Waals surface area contributed by atoms with Gasteiger partial charge in [0.15, 0.2) is 0 Å². The molecule has 0 radical (unpaired) electrons. The normalized spacial score (nSPS) is 10.0. The van der Waals surface area contributed by atoms with Crippen LogP contribution >= 0.6 is 11.9 Å². The molecule has 1 rings (SSSR count). The van der Waals surface area contributed by atoms with Crippen molar-refractivity contribution in [1.82, 2.24) is 0 Å². The molecule has 0 unspecified atom stereocenters. The number of benzene rings is 1. The quantitative estimate of drug-likeness (QED) is 0.602. The SMILES string of the molecule is CCCSNc1ccc(F)c(C(=O)O)c1. The van der Waals surface area contributed by atoms with Gasteiger partial charge >= 0.3 is 5.97 Å². The third-order valence-electron chi connectivity index (χ3n) is 1.69. The second-order valence-electron chi connectivity index (χ2n) is 2.95. The number of hydrogen-bond donors (Lipinski definition) is 2. The van der Waals surface area contributed by atoms with Crippen molar-refractivity contribution in [2.45, 2.75) is 13.3 Å². The highest BCUT2D eigenvalue weighted by atomic mass is 32.2. The zero-order valence-corrected chi connectivity index (χ0v) is 9.10. The third kappa shape index (κ3) is 3.43. The van der Waals surface area contributed by atoms with E-state index in [1.807, 2.05) is 6.92 Å². The maximum absolute atomic E-state index is 13.0. The monoisotopic (exact) mass is 229 g/mol. The lowest BCUT2D eigenvalue weighted by Gasteiger charge is -2.05. The minimum absolute atomic E-state index is 0.308. The predicted octanol–water partition coefficient (Wildman–Crippen LogP) is 2.99. The van der Waals surface area contributed by atoms with Crippen LogP contribution in [-0.2, 0) is 0 Å². The Hall–Kier alpha value is -1.23. The van der Waals surface area contributed by atoms with E-state index in [-0.39, 0.29) is 5.56 Å². The molecule has 2 N–H and O–H groups in total. The van der Waals surface area contributed by atoms with Crippen molar-refractivity contribution in [3.63, 3.8) is 0 Å². The van der Waals surface area contributed by atoms with Crippen LogP contribution in [0.1, 0.15) is 23.7 Å². The van der Waals surface area contributed by atoms with Gasteiger partial charge in [-0.05, 0) is 24.6 Å². The molecule has 0 amide bonds. The van der Waals surface area contributed by atoms with Crippen LogP contribution < -0.4 is 4.72 Å². The Balaban J connectivity index is 2.74. The fourth-order valence-electron chi connectivity index (χ4n) is 0.989. The summed E-state index contributed by atoms with van der Waals surface area (Å²) in [4.78, 5) is 10.6. The highest BCUT2D eigenvalue weighted by Crippen LogP contribution is 2.18. The molecule has 0 aliphatic heterocycles. The van der Waals surface area contributed by atoms with Crippen LogP contribution in [-0.4, -0.2) is 16.8 Å². The Morgan fingerprint density at radius 3 is 2.93 bits per heavy atom. The van der Waals surface area contributed by atoms with Gasteiger partial charge in [0.2, 0.25) is 0 Å². The lowest BCUT2D eigenvalue weighted by Crippen LogP contribution is -2.01. The molecule has 5 heteroatoms. The molecule has 0 heterocycles. The zero-order chi connectivity index (χ0) is 11.3. The second-order valence-corrected chi connectivity index (χ2v) is 3.85. The molecular formula is C10H12FNO2S. The summed E-state index contributed by atoms with van der Waals surface area (Å²) in [6.45, 7) is 2.04. The summed E-state index contributed by atoms with van der Waals surface area (Å²) in [7, 11) is 0. The largest absolute Gasteiger partial charge is 0.478 e. The van der Waals surface area contributed by atoms with Gasteiger partial charge in [-0.2, -0.15) is 0 Å². The van der Waals surface area contributed by atoms with Crippen molar-refractivity contribution in [3.8, 4) is 0 Å². The molecule has 0 spiro atoms. The number of carbonyl (C=O) groups is 1. The van der Waals surface area contributed by atoms with Gasteiger partial charge < -0.3 is 9.83 Å². The molecule has 0 aromatic heterocycles. The molecule has 82 valence electrons. The van der Waals surface area contributed by atoms with Gasteiger partial charge in [0.05, 0.1) is 5.56 Å². The van der Waals surface area contributed by atoms with Crippen molar-refractivity contribution < 1.29 is 14.3 Å². The molecule has 0 fully saturated rings. The summed E-state index contributed by atoms with van der Waals surface area (Å²) in [6, 6.07) is 3.96. The van der Waals surface area contributed by atoms with Gasteiger partial charge in [-0.15, -0.1) is 0 Å². The van der Waals surface area contributed by atoms with Crippen molar-refractivity contribution >= 4 is 23.6 Å². The number of halogens is 1. The molecule has 1 aromatic carbocycles. The summed E-state index contributed by atoms with van der Waals surface area (Å²) >= 11 is 1.47. The van der Waals surface area contributed by atoms with Crippen molar-refractivity contribution in [3.05, 3.63) is 29.6 Å². The van der Waals surface area contributed by atoms with Gasteiger partial charge in [-0.1, -0.05) is 18.9 Å². The summed E-state index contributed by atoms with van der Waals surface area (Å²) in [5.41, 5.74) is 0.296. The Morgan fingerprint density at radius 2 is 2.33 bits per heavy atom. The molecule has 1 aromatic rings. The van der Waals surface area contributed by atoms with Gasteiger partial charge in [0, 0.05) is 11.4 Å². The van der Waals surface area contributed by atoms with E-state index in [9.17, 15) is 9.18 Å². The molecule has 0 saturated heterocycles. The number of carboxylic acids is 1. The van der Waals surface area contributed by atoms with Crippen molar-refractivity contribution in [2.24, 2.45) is 0 Å². The molecular weight excluding hydrogens is 217 g/mol. The van der Waals surface area contributed by atoms with Gasteiger partial charge in [0.1, 0.15) is 5.82 Å². The van der Waals surface area contributed by atoms with E-state index in [2.05, 4.69) is 4.72 Å². The average molecular weight is 229 g/mol. The standard InChI is InChI=1S/C10H12FNO2S/c1-2-5-15-12-7-3-4-9(11)8(6-7)10(13)14/h3-4,6,12H,2,5H2,1H3,(H,13,14). The van der Waals surface area contributed by atoms with Crippen molar-refractivity contribution in [1.29, 1.82) is 0 Å². The van der Waals surface area contributed by atoms with E-state index >= 15 is 0 Å². The Bertz CT molecular complexity index is 357.